The van der Waals surface area contributed by atoms with E-state index in [1.54, 1.807) is 0 Å². The lowest BCUT2D eigenvalue weighted by atomic mass is 10.1. The van der Waals surface area contributed by atoms with Crippen molar-refractivity contribution in [2.75, 3.05) is 0 Å². The van der Waals surface area contributed by atoms with Gasteiger partial charge in [-0.25, -0.2) is 4.39 Å². The number of thiol groups is 1. The van der Waals surface area contributed by atoms with E-state index in [9.17, 15) is 9.18 Å². The van der Waals surface area contributed by atoms with Crippen LogP contribution in [0.15, 0.2) is 51.8 Å². The number of carbonyl (C=O) groups is 1. The van der Waals surface area contributed by atoms with E-state index in [4.69, 9.17) is 0 Å². The number of rotatable bonds is 3. The topological polar surface area (TPSA) is 29.1 Å². The molecule has 0 fully saturated rings. The summed E-state index contributed by atoms with van der Waals surface area (Å²) in [4.78, 5) is 12.6. The maximum absolute atomic E-state index is 13.6. The van der Waals surface area contributed by atoms with Gasteiger partial charge in [0.2, 0.25) is 0 Å². The highest BCUT2D eigenvalue weighted by molar-refractivity contribution is 9.10. The molecule has 2 rings (SSSR count). The van der Waals surface area contributed by atoms with Crippen LogP contribution in [-0.4, -0.2) is 5.91 Å². The molecule has 0 bridgehead atoms. The molecule has 20 heavy (non-hydrogen) atoms. The Morgan fingerprint density at radius 3 is 2.75 bits per heavy atom. The zero-order valence-electron chi connectivity index (χ0n) is 10.7. The van der Waals surface area contributed by atoms with Crippen LogP contribution in [0.5, 0.6) is 0 Å². The van der Waals surface area contributed by atoms with Gasteiger partial charge in [-0.2, -0.15) is 0 Å². The Labute approximate surface area is 130 Å². The molecule has 0 saturated carbocycles. The monoisotopic (exact) mass is 353 g/mol. The van der Waals surface area contributed by atoms with Crippen molar-refractivity contribution in [1.29, 1.82) is 0 Å². The summed E-state index contributed by atoms with van der Waals surface area (Å²) in [6, 6.07) is 11.6. The van der Waals surface area contributed by atoms with Crippen LogP contribution in [0.2, 0.25) is 0 Å². The van der Waals surface area contributed by atoms with Gasteiger partial charge >= 0.3 is 0 Å². The number of nitrogens with one attached hydrogen (secondary N) is 1. The van der Waals surface area contributed by atoms with Crippen LogP contribution in [0.3, 0.4) is 0 Å². The zero-order chi connectivity index (χ0) is 14.7. The Bertz CT molecular complexity index is 648. The summed E-state index contributed by atoms with van der Waals surface area (Å²) in [6.45, 7) is 1.85. The van der Waals surface area contributed by atoms with Gasteiger partial charge in [0, 0.05) is 9.37 Å². The third kappa shape index (κ3) is 3.61. The van der Waals surface area contributed by atoms with Crippen molar-refractivity contribution >= 4 is 34.5 Å². The largest absolute Gasteiger partial charge is 0.345 e. The van der Waals surface area contributed by atoms with Crippen molar-refractivity contribution in [3.05, 3.63) is 63.9 Å². The quantitative estimate of drug-likeness (QED) is 0.788. The molecule has 5 heteroatoms. The SMILES string of the molecule is CC(NC(=O)c1cc(S)ccc1F)c1cccc(Br)c1. The predicted molar refractivity (Wildman–Crippen MR) is 83.7 cm³/mol. The van der Waals surface area contributed by atoms with Crippen LogP contribution in [0.4, 0.5) is 4.39 Å². The molecule has 0 aliphatic heterocycles. The number of carbonyl (C=O) groups excluding carboxylic acids is 1. The van der Waals surface area contributed by atoms with E-state index < -0.39 is 11.7 Å². The standard InChI is InChI=1S/C15H13BrFNOS/c1-9(10-3-2-4-11(16)7-10)18-15(19)13-8-12(20)5-6-14(13)17/h2-9,20H,1H3,(H,18,19). The first-order chi connectivity index (χ1) is 9.47. The molecule has 1 N–H and O–H groups in total. The lowest BCUT2D eigenvalue weighted by molar-refractivity contribution is 0.0935. The minimum atomic E-state index is -0.554. The van der Waals surface area contributed by atoms with Gasteiger partial charge in [-0.3, -0.25) is 4.79 Å². The first-order valence-electron chi connectivity index (χ1n) is 6.02. The lowest BCUT2D eigenvalue weighted by Gasteiger charge is -2.15. The highest BCUT2D eigenvalue weighted by atomic mass is 79.9. The Hall–Kier alpha value is -1.33. The first-order valence-corrected chi connectivity index (χ1v) is 7.26. The molecule has 1 unspecified atom stereocenters. The van der Waals surface area contributed by atoms with Crippen LogP contribution in [0.25, 0.3) is 0 Å². The molecule has 2 nitrogen and oxygen atoms in total. The third-order valence-corrected chi connectivity index (χ3v) is 3.66. The molecule has 104 valence electrons. The normalized spacial score (nSPS) is 12.0. The van der Waals surface area contributed by atoms with E-state index >= 15 is 0 Å². The second-order valence-electron chi connectivity index (χ2n) is 4.41. The molecule has 0 saturated heterocycles. The van der Waals surface area contributed by atoms with Crippen LogP contribution in [-0.2, 0) is 0 Å². The lowest BCUT2D eigenvalue weighted by Crippen LogP contribution is -2.27. The number of hydrogen-bond acceptors (Lipinski definition) is 2. The van der Waals surface area contributed by atoms with Crippen LogP contribution >= 0.6 is 28.6 Å². The van der Waals surface area contributed by atoms with Gasteiger partial charge in [-0.1, -0.05) is 28.1 Å². The second kappa shape index (κ2) is 6.41. The van der Waals surface area contributed by atoms with Gasteiger partial charge in [-0.15, -0.1) is 12.6 Å². The Morgan fingerprint density at radius 2 is 2.05 bits per heavy atom. The summed E-state index contributed by atoms with van der Waals surface area (Å²) in [7, 11) is 0. The van der Waals surface area contributed by atoms with Crippen LogP contribution < -0.4 is 5.32 Å². The van der Waals surface area contributed by atoms with Crippen LogP contribution in [0.1, 0.15) is 28.9 Å². The van der Waals surface area contributed by atoms with Crippen molar-refractivity contribution in [3.8, 4) is 0 Å². The summed E-state index contributed by atoms with van der Waals surface area (Å²) in [5.41, 5.74) is 0.939. The van der Waals surface area contributed by atoms with E-state index in [-0.39, 0.29) is 11.6 Å². The minimum absolute atomic E-state index is 0.000605. The van der Waals surface area contributed by atoms with E-state index in [0.29, 0.717) is 4.90 Å². The number of hydrogen-bond donors (Lipinski definition) is 2. The smallest absolute Gasteiger partial charge is 0.254 e. The van der Waals surface area contributed by atoms with Crippen molar-refractivity contribution in [2.24, 2.45) is 0 Å². The van der Waals surface area contributed by atoms with Crippen molar-refractivity contribution in [2.45, 2.75) is 17.9 Å². The summed E-state index contributed by atoms with van der Waals surface area (Å²) >= 11 is 7.50. The molecule has 0 aliphatic carbocycles. The Balaban J connectivity index is 2.17. The van der Waals surface area contributed by atoms with E-state index in [0.717, 1.165) is 10.0 Å². The highest BCUT2D eigenvalue weighted by Crippen LogP contribution is 2.19. The molecule has 0 spiro atoms. The molecule has 1 atom stereocenters. The van der Waals surface area contributed by atoms with Gasteiger partial charge < -0.3 is 5.32 Å². The fourth-order valence-corrected chi connectivity index (χ4v) is 2.44. The summed E-state index contributed by atoms with van der Waals surface area (Å²) in [5.74, 6) is -1.01. The summed E-state index contributed by atoms with van der Waals surface area (Å²) in [6.07, 6.45) is 0. The second-order valence-corrected chi connectivity index (χ2v) is 5.85. The van der Waals surface area contributed by atoms with Crippen molar-refractivity contribution < 1.29 is 9.18 Å². The molecule has 2 aromatic carbocycles. The molecule has 0 heterocycles. The van der Waals surface area contributed by atoms with Crippen molar-refractivity contribution in [1.82, 2.24) is 5.32 Å². The van der Waals surface area contributed by atoms with Gasteiger partial charge in [0.25, 0.3) is 5.91 Å². The van der Waals surface area contributed by atoms with Gasteiger partial charge in [-0.05, 0) is 42.8 Å². The fraction of sp³-hybridized carbons (Fsp3) is 0.133. The molecule has 0 aromatic heterocycles. The number of amides is 1. The molecule has 2 aromatic rings. The molecule has 0 aliphatic rings. The van der Waals surface area contributed by atoms with Gasteiger partial charge in [0.1, 0.15) is 5.82 Å². The van der Waals surface area contributed by atoms with Crippen LogP contribution in [0, 0.1) is 5.82 Å². The average Bonchev–Trinajstić information content (AvgIpc) is 2.41. The van der Waals surface area contributed by atoms with E-state index in [2.05, 4.69) is 33.9 Å². The third-order valence-electron chi connectivity index (χ3n) is 2.89. The number of benzene rings is 2. The molecular weight excluding hydrogens is 341 g/mol. The first kappa shape index (κ1) is 15.1. The summed E-state index contributed by atoms with van der Waals surface area (Å²) in [5, 5.41) is 2.77. The molecule has 0 radical (unpaired) electrons. The van der Waals surface area contributed by atoms with E-state index in [1.165, 1.54) is 18.2 Å². The zero-order valence-corrected chi connectivity index (χ0v) is 13.2. The maximum atomic E-state index is 13.6. The van der Waals surface area contributed by atoms with Gasteiger partial charge in [0.15, 0.2) is 0 Å². The fourth-order valence-electron chi connectivity index (χ4n) is 1.82. The maximum Gasteiger partial charge on any atom is 0.254 e. The molecular formula is C15H13BrFNOS. The Morgan fingerprint density at radius 1 is 1.30 bits per heavy atom. The summed E-state index contributed by atoms with van der Waals surface area (Å²) < 4.78 is 14.6. The highest BCUT2D eigenvalue weighted by Gasteiger charge is 2.15. The molecule has 1 amide bonds. The minimum Gasteiger partial charge on any atom is -0.345 e. The average molecular weight is 354 g/mol. The Kier molecular flexibility index (Phi) is 4.83. The van der Waals surface area contributed by atoms with E-state index in [1.807, 2.05) is 31.2 Å². The predicted octanol–water partition coefficient (Wildman–Crippen LogP) is 4.37. The number of halogens is 2. The van der Waals surface area contributed by atoms with Gasteiger partial charge in [0.05, 0.1) is 11.6 Å². The van der Waals surface area contributed by atoms with Crippen molar-refractivity contribution in [3.63, 3.8) is 0 Å².